The van der Waals surface area contributed by atoms with Crippen LogP contribution in [0.2, 0.25) is 0 Å². The lowest BCUT2D eigenvalue weighted by atomic mass is 10.2. The summed E-state index contributed by atoms with van der Waals surface area (Å²) < 4.78 is 5.59. The first kappa shape index (κ1) is 18.1. The van der Waals surface area contributed by atoms with Crippen LogP contribution in [0.4, 0.5) is 11.5 Å². The monoisotopic (exact) mass is 355 g/mol. The molecule has 0 unspecified atom stereocenters. The molecule has 1 aromatic carbocycles. The van der Waals surface area contributed by atoms with E-state index in [0.29, 0.717) is 11.4 Å². The van der Waals surface area contributed by atoms with E-state index in [1.165, 1.54) is 0 Å². The Balaban J connectivity index is 1.59. The Morgan fingerprint density at radius 1 is 1.04 bits per heavy atom. The fourth-order valence-electron chi connectivity index (χ4n) is 2.73. The van der Waals surface area contributed by atoms with Gasteiger partial charge in [-0.25, -0.2) is 0 Å². The molecular weight excluding hydrogens is 330 g/mol. The SMILES string of the molecule is CC(C)Oc1ccc(NC(=O)c2ccc(N3CCN(C)CC3)nn2)cc1. The molecular formula is C19H25N5O2. The van der Waals surface area contributed by atoms with Crippen LogP contribution in [0.5, 0.6) is 5.75 Å². The van der Waals surface area contributed by atoms with Crippen molar-refractivity contribution in [1.29, 1.82) is 0 Å². The average Bonchev–Trinajstić information content (AvgIpc) is 2.64. The maximum absolute atomic E-state index is 12.3. The molecule has 2 heterocycles. The highest BCUT2D eigenvalue weighted by atomic mass is 16.5. The van der Waals surface area contributed by atoms with E-state index in [2.05, 4.69) is 32.4 Å². The zero-order chi connectivity index (χ0) is 18.5. The molecule has 7 nitrogen and oxygen atoms in total. The van der Waals surface area contributed by atoms with Crippen LogP contribution < -0.4 is 15.0 Å². The summed E-state index contributed by atoms with van der Waals surface area (Å²) in [6.07, 6.45) is 0.115. The van der Waals surface area contributed by atoms with Crippen molar-refractivity contribution in [2.45, 2.75) is 20.0 Å². The van der Waals surface area contributed by atoms with Gasteiger partial charge in [-0.2, -0.15) is 0 Å². The molecule has 3 rings (SSSR count). The lowest BCUT2D eigenvalue weighted by Crippen LogP contribution is -2.44. The highest BCUT2D eigenvalue weighted by molar-refractivity contribution is 6.02. The number of hydrogen-bond acceptors (Lipinski definition) is 6. The van der Waals surface area contributed by atoms with Crippen molar-refractivity contribution in [1.82, 2.24) is 15.1 Å². The minimum atomic E-state index is -0.278. The van der Waals surface area contributed by atoms with Crippen LogP contribution in [0.25, 0.3) is 0 Å². The first-order valence-electron chi connectivity index (χ1n) is 8.86. The summed E-state index contributed by atoms with van der Waals surface area (Å²) in [6, 6.07) is 10.8. The second-order valence-corrected chi connectivity index (χ2v) is 6.71. The molecule has 0 radical (unpaired) electrons. The Bertz CT molecular complexity index is 723. The van der Waals surface area contributed by atoms with Crippen LogP contribution in [-0.4, -0.2) is 60.3 Å². The predicted octanol–water partition coefficient (Wildman–Crippen LogP) is 2.27. The number of rotatable bonds is 5. The fourth-order valence-corrected chi connectivity index (χ4v) is 2.73. The van der Waals surface area contributed by atoms with Gasteiger partial charge in [0.1, 0.15) is 5.75 Å². The van der Waals surface area contributed by atoms with Crippen molar-refractivity contribution in [3.8, 4) is 5.75 Å². The van der Waals surface area contributed by atoms with Gasteiger partial charge in [0.15, 0.2) is 11.5 Å². The van der Waals surface area contributed by atoms with Crippen molar-refractivity contribution in [3.05, 3.63) is 42.1 Å². The summed E-state index contributed by atoms with van der Waals surface area (Å²) in [5, 5.41) is 11.1. The Hall–Kier alpha value is -2.67. The summed E-state index contributed by atoms with van der Waals surface area (Å²) >= 11 is 0. The van der Waals surface area contributed by atoms with E-state index < -0.39 is 0 Å². The summed E-state index contributed by atoms with van der Waals surface area (Å²) in [7, 11) is 2.11. The number of likely N-dealkylation sites (N-methyl/N-ethyl adjacent to an activating group) is 1. The van der Waals surface area contributed by atoms with Gasteiger partial charge in [0.2, 0.25) is 0 Å². The van der Waals surface area contributed by atoms with Gasteiger partial charge in [-0.05, 0) is 57.3 Å². The van der Waals surface area contributed by atoms with Crippen molar-refractivity contribution in [3.63, 3.8) is 0 Å². The fraction of sp³-hybridized carbons (Fsp3) is 0.421. The molecule has 1 aromatic heterocycles. The van der Waals surface area contributed by atoms with Gasteiger partial charge >= 0.3 is 0 Å². The molecule has 0 bridgehead atoms. The topological polar surface area (TPSA) is 70.6 Å². The summed E-state index contributed by atoms with van der Waals surface area (Å²) in [5.74, 6) is 1.30. The number of aromatic nitrogens is 2. The Kier molecular flexibility index (Phi) is 5.68. The zero-order valence-corrected chi connectivity index (χ0v) is 15.5. The van der Waals surface area contributed by atoms with Crippen LogP contribution in [0.15, 0.2) is 36.4 Å². The molecule has 1 saturated heterocycles. The van der Waals surface area contributed by atoms with Gasteiger partial charge in [-0.15, -0.1) is 10.2 Å². The minimum absolute atomic E-state index is 0.115. The van der Waals surface area contributed by atoms with Crippen LogP contribution in [0.3, 0.4) is 0 Å². The number of anilines is 2. The molecule has 1 N–H and O–H groups in total. The van der Waals surface area contributed by atoms with E-state index in [0.717, 1.165) is 37.7 Å². The normalized spacial score (nSPS) is 15.2. The lowest BCUT2D eigenvalue weighted by molar-refractivity contribution is 0.102. The van der Waals surface area contributed by atoms with Gasteiger partial charge < -0.3 is 19.9 Å². The van der Waals surface area contributed by atoms with Crippen molar-refractivity contribution >= 4 is 17.4 Å². The maximum Gasteiger partial charge on any atom is 0.276 e. The molecule has 7 heteroatoms. The molecule has 26 heavy (non-hydrogen) atoms. The number of benzene rings is 1. The minimum Gasteiger partial charge on any atom is -0.491 e. The van der Waals surface area contributed by atoms with Crippen molar-refractivity contribution in [2.75, 3.05) is 43.4 Å². The number of ether oxygens (including phenoxy) is 1. The highest BCUT2D eigenvalue weighted by Crippen LogP contribution is 2.18. The Labute approximate surface area is 154 Å². The quantitative estimate of drug-likeness (QED) is 0.887. The van der Waals surface area contributed by atoms with Gasteiger partial charge in [-0.1, -0.05) is 0 Å². The number of carbonyl (C=O) groups is 1. The van der Waals surface area contributed by atoms with Gasteiger partial charge in [-0.3, -0.25) is 4.79 Å². The van der Waals surface area contributed by atoms with Gasteiger partial charge in [0.05, 0.1) is 6.10 Å². The number of piperazine rings is 1. The summed E-state index contributed by atoms with van der Waals surface area (Å²) in [4.78, 5) is 16.8. The second kappa shape index (κ2) is 8.14. The van der Waals surface area contributed by atoms with Crippen molar-refractivity contribution in [2.24, 2.45) is 0 Å². The third kappa shape index (κ3) is 4.70. The third-order valence-corrected chi connectivity index (χ3v) is 4.19. The van der Waals surface area contributed by atoms with Crippen molar-refractivity contribution < 1.29 is 9.53 Å². The third-order valence-electron chi connectivity index (χ3n) is 4.19. The number of amides is 1. The van der Waals surface area contributed by atoms with Crippen LogP contribution >= 0.6 is 0 Å². The molecule has 138 valence electrons. The number of carbonyl (C=O) groups excluding carboxylic acids is 1. The van der Waals surface area contributed by atoms with E-state index in [9.17, 15) is 4.79 Å². The van der Waals surface area contributed by atoms with Gasteiger partial charge in [0.25, 0.3) is 5.91 Å². The number of nitrogens with zero attached hydrogens (tertiary/aromatic N) is 4. The number of nitrogens with one attached hydrogen (secondary N) is 1. The van der Waals surface area contributed by atoms with E-state index >= 15 is 0 Å². The molecule has 1 aliphatic heterocycles. The van der Waals surface area contributed by atoms with Gasteiger partial charge in [0, 0.05) is 31.9 Å². The van der Waals surface area contributed by atoms with Crippen LogP contribution in [0, 0.1) is 0 Å². The number of hydrogen-bond donors (Lipinski definition) is 1. The first-order valence-corrected chi connectivity index (χ1v) is 8.86. The van der Waals surface area contributed by atoms with E-state index in [4.69, 9.17) is 4.74 Å². The second-order valence-electron chi connectivity index (χ2n) is 6.71. The molecule has 1 aliphatic rings. The highest BCUT2D eigenvalue weighted by Gasteiger charge is 2.16. The summed E-state index contributed by atoms with van der Waals surface area (Å²) in [6.45, 7) is 7.78. The largest absolute Gasteiger partial charge is 0.491 e. The Morgan fingerprint density at radius 2 is 1.73 bits per heavy atom. The predicted molar refractivity (Wildman–Crippen MR) is 102 cm³/mol. The molecule has 1 fully saturated rings. The molecule has 1 amide bonds. The van der Waals surface area contributed by atoms with E-state index in [1.54, 1.807) is 6.07 Å². The summed E-state index contributed by atoms with van der Waals surface area (Å²) in [5.41, 5.74) is 0.987. The smallest absolute Gasteiger partial charge is 0.276 e. The lowest BCUT2D eigenvalue weighted by Gasteiger charge is -2.32. The average molecular weight is 355 g/mol. The molecule has 0 saturated carbocycles. The maximum atomic E-state index is 12.3. The molecule has 2 aromatic rings. The van der Waals surface area contributed by atoms with Crippen LogP contribution in [-0.2, 0) is 0 Å². The molecule has 0 spiro atoms. The van der Waals surface area contributed by atoms with E-state index in [-0.39, 0.29) is 12.0 Å². The molecule has 0 aliphatic carbocycles. The van der Waals surface area contributed by atoms with E-state index in [1.807, 2.05) is 44.2 Å². The zero-order valence-electron chi connectivity index (χ0n) is 15.5. The standard InChI is InChI=1S/C19H25N5O2/c1-14(2)26-16-6-4-15(5-7-16)20-19(25)17-8-9-18(22-21-17)24-12-10-23(3)11-13-24/h4-9,14H,10-13H2,1-3H3,(H,20,25). The molecule has 0 atom stereocenters. The first-order chi connectivity index (χ1) is 12.5. The Morgan fingerprint density at radius 3 is 2.31 bits per heavy atom. The van der Waals surface area contributed by atoms with Crippen LogP contribution in [0.1, 0.15) is 24.3 Å².